The van der Waals surface area contributed by atoms with Gasteiger partial charge in [-0.25, -0.2) is 4.98 Å². The van der Waals surface area contributed by atoms with Crippen molar-refractivity contribution in [3.63, 3.8) is 0 Å². The fourth-order valence-corrected chi connectivity index (χ4v) is 2.79. The van der Waals surface area contributed by atoms with E-state index in [4.69, 9.17) is 4.74 Å². The predicted octanol–water partition coefficient (Wildman–Crippen LogP) is 3.25. The second-order valence-corrected chi connectivity index (χ2v) is 5.84. The Morgan fingerprint density at radius 2 is 1.92 bits per heavy atom. The van der Waals surface area contributed by atoms with Gasteiger partial charge in [0.25, 0.3) is 0 Å². The van der Waals surface area contributed by atoms with Gasteiger partial charge < -0.3 is 15.0 Å². The first kappa shape index (κ1) is 17.0. The van der Waals surface area contributed by atoms with Crippen LogP contribution in [0.1, 0.15) is 24.7 Å². The molecule has 0 fully saturated rings. The van der Waals surface area contributed by atoms with Gasteiger partial charge in [0.15, 0.2) is 0 Å². The van der Waals surface area contributed by atoms with E-state index in [9.17, 15) is 4.79 Å². The molecule has 0 saturated carbocycles. The van der Waals surface area contributed by atoms with Gasteiger partial charge in [-0.05, 0) is 37.1 Å². The third-order valence-electron chi connectivity index (χ3n) is 4.02. The minimum absolute atomic E-state index is 0.0439. The molecule has 130 valence electrons. The smallest absolute Gasteiger partial charge is 0.220 e. The Balaban J connectivity index is 1.45. The number of carbonyl (C=O) groups excluding carboxylic acids is 1. The molecule has 1 heterocycles. The SMILES string of the molecule is CCOc1ccccc1CCC(=O)NCCc1nc2ccccc2[nH]1. The summed E-state index contributed by atoms with van der Waals surface area (Å²) in [5, 5.41) is 2.96. The van der Waals surface area contributed by atoms with Crippen molar-refractivity contribution in [2.75, 3.05) is 13.2 Å². The number of ether oxygens (including phenoxy) is 1. The molecular formula is C20H23N3O2. The van der Waals surface area contributed by atoms with Gasteiger partial charge in [-0.2, -0.15) is 0 Å². The first-order valence-corrected chi connectivity index (χ1v) is 8.67. The van der Waals surface area contributed by atoms with Gasteiger partial charge in [-0.15, -0.1) is 0 Å². The zero-order valence-electron chi connectivity index (χ0n) is 14.4. The number of amides is 1. The molecule has 0 saturated heterocycles. The molecule has 3 rings (SSSR count). The third kappa shape index (κ3) is 4.59. The Kier molecular flexibility index (Phi) is 5.67. The molecule has 0 aliphatic carbocycles. The zero-order chi connectivity index (χ0) is 17.5. The molecule has 3 aromatic rings. The van der Waals surface area contributed by atoms with Crippen LogP contribution < -0.4 is 10.1 Å². The average molecular weight is 337 g/mol. The number of hydrogen-bond acceptors (Lipinski definition) is 3. The molecule has 1 aromatic heterocycles. The van der Waals surface area contributed by atoms with E-state index >= 15 is 0 Å². The lowest BCUT2D eigenvalue weighted by Gasteiger charge is -2.10. The molecule has 0 aliphatic heterocycles. The van der Waals surface area contributed by atoms with Crippen LogP contribution in [0.25, 0.3) is 11.0 Å². The number of imidazole rings is 1. The summed E-state index contributed by atoms with van der Waals surface area (Å²) in [5.41, 5.74) is 3.05. The van der Waals surface area contributed by atoms with Gasteiger partial charge in [-0.1, -0.05) is 30.3 Å². The number of aromatic amines is 1. The van der Waals surface area contributed by atoms with Gasteiger partial charge in [-0.3, -0.25) is 4.79 Å². The number of hydrogen-bond donors (Lipinski definition) is 2. The highest BCUT2D eigenvalue weighted by Gasteiger charge is 2.07. The molecule has 0 radical (unpaired) electrons. The largest absolute Gasteiger partial charge is 0.494 e. The Labute approximate surface area is 147 Å². The summed E-state index contributed by atoms with van der Waals surface area (Å²) in [6.45, 7) is 3.16. The van der Waals surface area contributed by atoms with E-state index in [0.717, 1.165) is 28.2 Å². The molecule has 0 bridgehead atoms. The van der Waals surface area contributed by atoms with Gasteiger partial charge in [0.05, 0.1) is 17.6 Å². The normalized spacial score (nSPS) is 10.8. The van der Waals surface area contributed by atoms with Gasteiger partial charge in [0.2, 0.25) is 5.91 Å². The summed E-state index contributed by atoms with van der Waals surface area (Å²) in [6, 6.07) is 15.8. The summed E-state index contributed by atoms with van der Waals surface area (Å²) < 4.78 is 5.59. The maximum Gasteiger partial charge on any atom is 0.220 e. The molecular weight excluding hydrogens is 314 g/mol. The number of H-pyrrole nitrogens is 1. The van der Waals surface area contributed by atoms with E-state index < -0.39 is 0 Å². The van der Waals surface area contributed by atoms with Crippen LogP contribution in [0.3, 0.4) is 0 Å². The number of benzene rings is 2. The maximum absolute atomic E-state index is 12.1. The number of rotatable bonds is 8. The number of nitrogens with one attached hydrogen (secondary N) is 2. The van der Waals surface area contributed by atoms with Crippen molar-refractivity contribution >= 4 is 16.9 Å². The molecule has 2 aromatic carbocycles. The summed E-state index contributed by atoms with van der Waals surface area (Å²) in [5.74, 6) is 1.80. The first-order chi connectivity index (χ1) is 12.3. The number of aryl methyl sites for hydroxylation is 1. The number of nitrogens with zero attached hydrogens (tertiary/aromatic N) is 1. The number of para-hydroxylation sites is 3. The highest BCUT2D eigenvalue weighted by molar-refractivity contribution is 5.76. The van der Waals surface area contributed by atoms with Gasteiger partial charge in [0, 0.05) is 19.4 Å². The highest BCUT2D eigenvalue weighted by atomic mass is 16.5. The van der Waals surface area contributed by atoms with Crippen LogP contribution in [-0.2, 0) is 17.6 Å². The second kappa shape index (κ2) is 8.33. The van der Waals surface area contributed by atoms with Crippen LogP contribution in [0.15, 0.2) is 48.5 Å². The molecule has 0 spiro atoms. The van der Waals surface area contributed by atoms with Crippen molar-refractivity contribution in [2.45, 2.75) is 26.2 Å². The summed E-state index contributed by atoms with van der Waals surface area (Å²) >= 11 is 0. The molecule has 0 aliphatic rings. The van der Waals surface area contributed by atoms with Crippen LogP contribution in [0.2, 0.25) is 0 Å². The second-order valence-electron chi connectivity index (χ2n) is 5.84. The molecule has 0 atom stereocenters. The maximum atomic E-state index is 12.1. The molecule has 1 amide bonds. The van der Waals surface area contributed by atoms with Crippen LogP contribution >= 0.6 is 0 Å². The van der Waals surface area contributed by atoms with E-state index in [1.54, 1.807) is 0 Å². The van der Waals surface area contributed by atoms with Gasteiger partial charge in [0.1, 0.15) is 11.6 Å². The van der Waals surface area contributed by atoms with E-state index in [1.165, 1.54) is 0 Å². The average Bonchev–Trinajstić information content (AvgIpc) is 3.04. The molecule has 25 heavy (non-hydrogen) atoms. The van der Waals surface area contributed by atoms with Crippen molar-refractivity contribution in [1.29, 1.82) is 0 Å². The quantitative estimate of drug-likeness (QED) is 0.663. The third-order valence-corrected chi connectivity index (χ3v) is 4.02. The molecule has 5 heteroatoms. The minimum atomic E-state index is 0.0439. The van der Waals surface area contributed by atoms with E-state index in [0.29, 0.717) is 32.4 Å². The fourth-order valence-electron chi connectivity index (χ4n) is 2.79. The summed E-state index contributed by atoms with van der Waals surface area (Å²) in [6.07, 6.45) is 1.81. The van der Waals surface area contributed by atoms with Crippen molar-refractivity contribution in [1.82, 2.24) is 15.3 Å². The minimum Gasteiger partial charge on any atom is -0.494 e. The highest BCUT2D eigenvalue weighted by Crippen LogP contribution is 2.19. The lowest BCUT2D eigenvalue weighted by atomic mass is 10.1. The van der Waals surface area contributed by atoms with Gasteiger partial charge >= 0.3 is 0 Å². The van der Waals surface area contributed by atoms with Crippen molar-refractivity contribution in [2.24, 2.45) is 0 Å². The summed E-state index contributed by atoms with van der Waals surface area (Å²) in [7, 11) is 0. The van der Waals surface area contributed by atoms with Crippen LogP contribution in [0, 0.1) is 0 Å². The Morgan fingerprint density at radius 3 is 2.76 bits per heavy atom. The first-order valence-electron chi connectivity index (χ1n) is 8.67. The van der Waals surface area contributed by atoms with Crippen LogP contribution in [0.5, 0.6) is 5.75 Å². The lowest BCUT2D eigenvalue weighted by molar-refractivity contribution is -0.121. The van der Waals surface area contributed by atoms with E-state index in [2.05, 4.69) is 15.3 Å². The Morgan fingerprint density at radius 1 is 1.12 bits per heavy atom. The number of aromatic nitrogens is 2. The Bertz CT molecular complexity index is 809. The van der Waals surface area contributed by atoms with Crippen LogP contribution in [0.4, 0.5) is 0 Å². The van der Waals surface area contributed by atoms with Crippen molar-refractivity contribution in [3.8, 4) is 5.75 Å². The number of carbonyl (C=O) groups is 1. The lowest BCUT2D eigenvalue weighted by Crippen LogP contribution is -2.26. The summed E-state index contributed by atoms with van der Waals surface area (Å²) in [4.78, 5) is 19.8. The topological polar surface area (TPSA) is 67.0 Å². The molecule has 2 N–H and O–H groups in total. The fraction of sp³-hybridized carbons (Fsp3) is 0.300. The predicted molar refractivity (Wildman–Crippen MR) is 98.7 cm³/mol. The van der Waals surface area contributed by atoms with Crippen LogP contribution in [-0.4, -0.2) is 29.0 Å². The zero-order valence-corrected chi connectivity index (χ0v) is 14.4. The molecule has 5 nitrogen and oxygen atoms in total. The van der Waals surface area contributed by atoms with Crippen molar-refractivity contribution < 1.29 is 9.53 Å². The van der Waals surface area contributed by atoms with E-state index in [-0.39, 0.29) is 5.91 Å². The van der Waals surface area contributed by atoms with E-state index in [1.807, 2.05) is 55.5 Å². The Hall–Kier alpha value is -2.82. The number of fused-ring (bicyclic) bond motifs is 1. The molecule has 0 unspecified atom stereocenters. The monoisotopic (exact) mass is 337 g/mol. The van der Waals surface area contributed by atoms with Crippen molar-refractivity contribution in [3.05, 3.63) is 59.9 Å². The standard InChI is InChI=1S/C20H23N3O2/c1-2-25-18-10-6-3-7-15(18)11-12-20(24)21-14-13-19-22-16-8-4-5-9-17(16)23-19/h3-10H,2,11-14H2,1H3,(H,21,24)(H,22,23).